The van der Waals surface area contributed by atoms with Gasteiger partial charge in [-0.25, -0.2) is 0 Å². The molecule has 0 spiro atoms. The van der Waals surface area contributed by atoms with Crippen molar-refractivity contribution in [3.63, 3.8) is 0 Å². The van der Waals surface area contributed by atoms with E-state index >= 15 is 0 Å². The number of carbonyl (C=O) groups excluding carboxylic acids is 1. The number of hydrogen-bond acceptors (Lipinski definition) is 2. The topological polar surface area (TPSA) is 46.9 Å². The molecule has 0 aliphatic carbocycles. The Bertz CT molecular complexity index is 658. The Labute approximate surface area is 126 Å². The Kier molecular flexibility index (Phi) is 4.46. The van der Waals surface area contributed by atoms with E-state index in [4.69, 9.17) is 0 Å². The van der Waals surface area contributed by atoms with Gasteiger partial charge in [0.2, 0.25) is 5.91 Å². The monoisotopic (exact) mass is 285 g/mol. The van der Waals surface area contributed by atoms with E-state index in [9.17, 15) is 4.79 Å². The first-order chi connectivity index (χ1) is 9.86. The molecule has 1 amide bonds. The quantitative estimate of drug-likeness (QED) is 0.936. The minimum Gasteiger partial charge on any atom is -0.326 e. The van der Waals surface area contributed by atoms with Gasteiger partial charge in [-0.15, -0.1) is 0 Å². The number of carbonyl (C=O) groups is 1. The lowest BCUT2D eigenvalue weighted by Gasteiger charge is -2.15. The molecule has 1 aromatic heterocycles. The van der Waals surface area contributed by atoms with E-state index < -0.39 is 0 Å². The highest BCUT2D eigenvalue weighted by Gasteiger charge is 2.16. The molecule has 2 aromatic rings. The second-order valence-electron chi connectivity index (χ2n) is 5.82. The highest BCUT2D eigenvalue weighted by molar-refractivity contribution is 5.93. The van der Waals surface area contributed by atoms with Crippen molar-refractivity contribution in [1.82, 2.24) is 9.78 Å². The molecule has 1 N–H and O–H groups in total. The van der Waals surface area contributed by atoms with Gasteiger partial charge in [0.25, 0.3) is 0 Å². The van der Waals surface area contributed by atoms with Crippen molar-refractivity contribution in [1.29, 1.82) is 0 Å². The molecule has 0 saturated heterocycles. The summed E-state index contributed by atoms with van der Waals surface area (Å²) in [7, 11) is 0. The van der Waals surface area contributed by atoms with Gasteiger partial charge < -0.3 is 5.32 Å². The smallest absolute Gasteiger partial charge is 0.229 e. The molecule has 112 valence electrons. The fourth-order valence-corrected chi connectivity index (χ4v) is 2.41. The summed E-state index contributed by atoms with van der Waals surface area (Å²) in [6.07, 6.45) is 0. The number of aromatic nitrogens is 2. The molecular weight excluding hydrogens is 262 g/mol. The van der Waals surface area contributed by atoms with Crippen molar-refractivity contribution >= 4 is 11.6 Å². The van der Waals surface area contributed by atoms with Gasteiger partial charge >= 0.3 is 0 Å². The molecule has 0 unspecified atom stereocenters. The first-order valence-electron chi connectivity index (χ1n) is 7.26. The molecule has 21 heavy (non-hydrogen) atoms. The number of nitrogens with one attached hydrogen (secondary N) is 1. The van der Waals surface area contributed by atoms with Crippen molar-refractivity contribution in [2.45, 2.75) is 41.2 Å². The third kappa shape index (κ3) is 3.72. The Morgan fingerprint density at radius 1 is 1.24 bits per heavy atom. The van der Waals surface area contributed by atoms with Crippen molar-refractivity contribution in [3.8, 4) is 0 Å². The average molecular weight is 285 g/mol. The first-order valence-corrected chi connectivity index (χ1v) is 7.26. The summed E-state index contributed by atoms with van der Waals surface area (Å²) < 4.78 is 1.89. The molecule has 0 saturated carbocycles. The molecule has 0 bridgehead atoms. The zero-order valence-corrected chi connectivity index (χ0v) is 13.4. The fourth-order valence-electron chi connectivity index (χ4n) is 2.41. The van der Waals surface area contributed by atoms with Crippen LogP contribution in [0.4, 0.5) is 5.69 Å². The van der Waals surface area contributed by atoms with Crippen LogP contribution in [0.5, 0.6) is 0 Å². The predicted octanol–water partition coefficient (Wildman–Crippen LogP) is 3.39. The number of amides is 1. The van der Waals surface area contributed by atoms with Gasteiger partial charge in [0.05, 0.1) is 18.2 Å². The summed E-state index contributed by atoms with van der Waals surface area (Å²) in [5.74, 6) is -0.113. The maximum Gasteiger partial charge on any atom is 0.229 e. The summed E-state index contributed by atoms with van der Waals surface area (Å²) in [6, 6.07) is 8.06. The van der Waals surface area contributed by atoms with Crippen LogP contribution in [-0.2, 0) is 11.3 Å². The van der Waals surface area contributed by atoms with Gasteiger partial charge in [0.1, 0.15) is 0 Å². The van der Waals surface area contributed by atoms with Crippen LogP contribution in [0, 0.1) is 33.6 Å². The Balaban J connectivity index is 2.04. The van der Waals surface area contributed by atoms with Crippen LogP contribution >= 0.6 is 0 Å². The third-order valence-corrected chi connectivity index (χ3v) is 3.64. The Morgan fingerprint density at radius 3 is 2.52 bits per heavy atom. The molecule has 0 aliphatic heterocycles. The molecule has 2 rings (SSSR count). The molecule has 4 nitrogen and oxygen atoms in total. The summed E-state index contributed by atoms with van der Waals surface area (Å²) in [5, 5.41) is 7.41. The maximum absolute atomic E-state index is 12.3. The predicted molar refractivity (Wildman–Crippen MR) is 85.4 cm³/mol. The van der Waals surface area contributed by atoms with Gasteiger partial charge in [0, 0.05) is 11.4 Å². The second-order valence-corrected chi connectivity index (χ2v) is 5.82. The summed E-state index contributed by atoms with van der Waals surface area (Å²) in [4.78, 5) is 12.3. The largest absolute Gasteiger partial charge is 0.326 e. The highest BCUT2D eigenvalue weighted by Crippen LogP contribution is 2.17. The summed E-state index contributed by atoms with van der Waals surface area (Å²) >= 11 is 0. The number of benzene rings is 1. The van der Waals surface area contributed by atoms with Crippen molar-refractivity contribution in [2.24, 2.45) is 5.92 Å². The van der Waals surface area contributed by atoms with Crippen LogP contribution in [0.15, 0.2) is 24.3 Å². The van der Waals surface area contributed by atoms with Crippen LogP contribution in [0.2, 0.25) is 0 Å². The molecule has 1 aromatic carbocycles. The van der Waals surface area contributed by atoms with Gasteiger partial charge in [-0.2, -0.15) is 5.10 Å². The van der Waals surface area contributed by atoms with Crippen molar-refractivity contribution < 1.29 is 4.79 Å². The van der Waals surface area contributed by atoms with Gasteiger partial charge in [-0.3, -0.25) is 9.48 Å². The number of anilines is 1. The maximum atomic E-state index is 12.3. The van der Waals surface area contributed by atoms with Crippen LogP contribution in [0.1, 0.15) is 29.4 Å². The second kappa shape index (κ2) is 6.12. The van der Waals surface area contributed by atoms with Crippen LogP contribution in [0.3, 0.4) is 0 Å². The van der Waals surface area contributed by atoms with E-state index in [1.165, 1.54) is 5.56 Å². The van der Waals surface area contributed by atoms with E-state index in [2.05, 4.69) is 16.5 Å². The minimum atomic E-state index is -0.135. The number of hydrogen-bond donors (Lipinski definition) is 1. The van der Waals surface area contributed by atoms with Crippen LogP contribution in [0.25, 0.3) is 0 Å². The first kappa shape index (κ1) is 15.3. The van der Waals surface area contributed by atoms with E-state index in [-0.39, 0.29) is 11.8 Å². The SMILES string of the molecule is Cc1ccc(NC(=O)[C@@H](C)Cn2nc(C)cc2C)c(C)c1. The Hall–Kier alpha value is -2.10. The standard InChI is InChI=1S/C17H23N3O/c1-11-6-7-16(12(2)8-11)18-17(21)13(3)10-20-15(5)9-14(4)19-20/h6-9,13H,10H2,1-5H3,(H,18,21)/t13-/m0/s1. The highest BCUT2D eigenvalue weighted by atomic mass is 16.1. The summed E-state index contributed by atoms with van der Waals surface area (Å²) in [5.41, 5.74) is 5.22. The minimum absolute atomic E-state index is 0.0227. The fraction of sp³-hybridized carbons (Fsp3) is 0.412. The van der Waals surface area contributed by atoms with Crippen molar-refractivity contribution in [3.05, 3.63) is 46.8 Å². The van der Waals surface area contributed by atoms with Crippen LogP contribution in [-0.4, -0.2) is 15.7 Å². The lowest BCUT2D eigenvalue weighted by Crippen LogP contribution is -2.25. The molecule has 4 heteroatoms. The normalized spacial score (nSPS) is 12.2. The number of rotatable bonds is 4. The van der Waals surface area contributed by atoms with Gasteiger partial charge in [-0.05, 0) is 45.4 Å². The van der Waals surface area contributed by atoms with Crippen LogP contribution < -0.4 is 5.32 Å². The zero-order valence-electron chi connectivity index (χ0n) is 13.4. The third-order valence-electron chi connectivity index (χ3n) is 3.64. The Morgan fingerprint density at radius 2 is 1.95 bits per heavy atom. The van der Waals surface area contributed by atoms with E-state index in [0.29, 0.717) is 6.54 Å². The molecule has 0 fully saturated rings. The number of aryl methyl sites for hydroxylation is 4. The zero-order chi connectivity index (χ0) is 15.6. The molecule has 0 aliphatic rings. The van der Waals surface area contributed by atoms with Crippen molar-refractivity contribution in [2.75, 3.05) is 5.32 Å². The average Bonchev–Trinajstić information content (AvgIpc) is 2.71. The molecular formula is C17H23N3O. The molecule has 0 radical (unpaired) electrons. The van der Waals surface area contributed by atoms with E-state index in [1.54, 1.807) is 0 Å². The van der Waals surface area contributed by atoms with Gasteiger partial charge in [0.15, 0.2) is 0 Å². The van der Waals surface area contributed by atoms with E-state index in [0.717, 1.165) is 22.6 Å². The lowest BCUT2D eigenvalue weighted by atomic mass is 10.1. The molecule has 1 heterocycles. The molecule has 1 atom stereocenters. The van der Waals surface area contributed by atoms with E-state index in [1.807, 2.05) is 57.5 Å². The van der Waals surface area contributed by atoms with Gasteiger partial charge in [-0.1, -0.05) is 24.6 Å². The lowest BCUT2D eigenvalue weighted by molar-refractivity contribution is -0.119. The number of nitrogens with zero attached hydrogens (tertiary/aromatic N) is 2. The summed E-state index contributed by atoms with van der Waals surface area (Å²) in [6.45, 7) is 10.5.